The van der Waals surface area contributed by atoms with Crippen molar-refractivity contribution in [2.75, 3.05) is 32.8 Å². The Balaban J connectivity index is 1.68. The molecule has 0 amide bonds. The number of hydrogen-bond acceptors (Lipinski definition) is 4. The van der Waals surface area contributed by atoms with Crippen LogP contribution in [0.3, 0.4) is 0 Å². The zero-order valence-electron chi connectivity index (χ0n) is 13.7. The van der Waals surface area contributed by atoms with Crippen LogP contribution in [0.5, 0.6) is 0 Å². The Morgan fingerprint density at radius 2 is 1.90 bits per heavy atom. The van der Waals surface area contributed by atoms with Gasteiger partial charge in [0.1, 0.15) is 0 Å². The molecule has 2 saturated heterocycles. The summed E-state index contributed by atoms with van der Waals surface area (Å²) in [4.78, 5) is 2.52. The van der Waals surface area contributed by atoms with Crippen LogP contribution in [0.25, 0.3) is 0 Å². The van der Waals surface area contributed by atoms with Crippen molar-refractivity contribution in [1.29, 1.82) is 0 Å². The molecule has 2 heterocycles. The molecule has 0 radical (unpaired) electrons. The first-order valence-corrected chi connectivity index (χ1v) is 8.20. The Labute approximate surface area is 124 Å². The van der Waals surface area contributed by atoms with E-state index in [4.69, 9.17) is 9.47 Å². The van der Waals surface area contributed by atoms with E-state index in [0.717, 1.165) is 39.2 Å². The predicted molar refractivity (Wildman–Crippen MR) is 82.1 cm³/mol. The molecule has 3 unspecified atom stereocenters. The van der Waals surface area contributed by atoms with E-state index < -0.39 is 0 Å². The van der Waals surface area contributed by atoms with Crippen molar-refractivity contribution in [1.82, 2.24) is 10.2 Å². The van der Waals surface area contributed by atoms with E-state index in [-0.39, 0.29) is 5.54 Å². The lowest BCUT2D eigenvalue weighted by Crippen LogP contribution is -2.45. The van der Waals surface area contributed by atoms with Crippen LogP contribution in [-0.4, -0.2) is 61.5 Å². The van der Waals surface area contributed by atoms with Gasteiger partial charge in [0.05, 0.1) is 24.9 Å². The van der Waals surface area contributed by atoms with Gasteiger partial charge >= 0.3 is 0 Å². The van der Waals surface area contributed by atoms with Gasteiger partial charge in [0.15, 0.2) is 0 Å². The molecule has 1 N–H and O–H groups in total. The summed E-state index contributed by atoms with van der Waals surface area (Å²) in [5.41, 5.74) is 0.181. The number of nitrogens with one attached hydrogen (secondary N) is 1. The van der Waals surface area contributed by atoms with E-state index in [1.165, 1.54) is 12.8 Å². The number of nitrogens with zero attached hydrogens (tertiary/aromatic N) is 1. The zero-order chi connectivity index (χ0) is 14.6. The van der Waals surface area contributed by atoms with E-state index in [2.05, 4.69) is 37.9 Å². The van der Waals surface area contributed by atoms with Crippen molar-refractivity contribution in [2.24, 2.45) is 0 Å². The SMILES string of the molecule is CCC1CN(CC2CCC(CNC(C)(C)C)O2)CCO1. The zero-order valence-corrected chi connectivity index (χ0v) is 13.7. The van der Waals surface area contributed by atoms with Gasteiger partial charge in [0.2, 0.25) is 0 Å². The maximum atomic E-state index is 6.18. The van der Waals surface area contributed by atoms with Gasteiger partial charge in [-0.3, -0.25) is 4.90 Å². The molecule has 2 aliphatic rings. The summed E-state index contributed by atoms with van der Waals surface area (Å²) < 4.78 is 11.9. The van der Waals surface area contributed by atoms with Crippen LogP contribution in [-0.2, 0) is 9.47 Å². The lowest BCUT2D eigenvalue weighted by atomic mass is 10.1. The van der Waals surface area contributed by atoms with Gasteiger partial charge < -0.3 is 14.8 Å². The number of ether oxygens (including phenoxy) is 2. The topological polar surface area (TPSA) is 33.7 Å². The van der Waals surface area contributed by atoms with Crippen molar-refractivity contribution in [3.05, 3.63) is 0 Å². The van der Waals surface area contributed by atoms with Gasteiger partial charge in [-0.1, -0.05) is 6.92 Å². The van der Waals surface area contributed by atoms with Crippen molar-refractivity contribution < 1.29 is 9.47 Å². The fourth-order valence-electron chi connectivity index (χ4n) is 2.97. The Bertz CT molecular complexity index is 291. The molecule has 2 fully saturated rings. The molecule has 0 aromatic heterocycles. The Hall–Kier alpha value is -0.160. The van der Waals surface area contributed by atoms with Gasteiger partial charge in [0.25, 0.3) is 0 Å². The molecule has 0 bridgehead atoms. The van der Waals surface area contributed by atoms with Crippen LogP contribution in [0.15, 0.2) is 0 Å². The lowest BCUT2D eigenvalue weighted by Gasteiger charge is -2.34. The number of rotatable bonds is 5. The van der Waals surface area contributed by atoms with Crippen LogP contribution in [0.4, 0.5) is 0 Å². The van der Waals surface area contributed by atoms with Crippen LogP contribution in [0, 0.1) is 0 Å². The van der Waals surface area contributed by atoms with Crippen molar-refractivity contribution in [3.8, 4) is 0 Å². The maximum absolute atomic E-state index is 6.18. The third-order valence-corrected chi connectivity index (χ3v) is 4.20. The Kier molecular flexibility index (Phi) is 5.84. The summed E-state index contributed by atoms with van der Waals surface area (Å²) >= 11 is 0. The third kappa shape index (κ3) is 5.32. The van der Waals surface area contributed by atoms with Crippen molar-refractivity contribution in [2.45, 2.75) is 70.8 Å². The summed E-state index contributed by atoms with van der Waals surface area (Å²) in [5.74, 6) is 0. The highest BCUT2D eigenvalue weighted by Crippen LogP contribution is 2.21. The summed E-state index contributed by atoms with van der Waals surface area (Å²) in [5, 5.41) is 3.55. The fraction of sp³-hybridized carbons (Fsp3) is 1.00. The first kappa shape index (κ1) is 16.2. The largest absolute Gasteiger partial charge is 0.376 e. The summed E-state index contributed by atoms with van der Waals surface area (Å²) in [6, 6.07) is 0. The molecule has 0 aromatic rings. The van der Waals surface area contributed by atoms with Gasteiger partial charge in [0, 0.05) is 31.7 Å². The molecule has 0 aromatic carbocycles. The minimum Gasteiger partial charge on any atom is -0.376 e. The smallest absolute Gasteiger partial charge is 0.0707 e. The molecule has 4 heteroatoms. The molecule has 3 atom stereocenters. The number of hydrogen-bond donors (Lipinski definition) is 1. The van der Waals surface area contributed by atoms with Gasteiger partial charge in [-0.05, 0) is 40.0 Å². The molecule has 0 aliphatic carbocycles. The molecule has 2 aliphatic heterocycles. The maximum Gasteiger partial charge on any atom is 0.0707 e. The van der Waals surface area contributed by atoms with Crippen molar-refractivity contribution in [3.63, 3.8) is 0 Å². The lowest BCUT2D eigenvalue weighted by molar-refractivity contribution is -0.0506. The van der Waals surface area contributed by atoms with Gasteiger partial charge in [-0.15, -0.1) is 0 Å². The van der Waals surface area contributed by atoms with Gasteiger partial charge in [-0.25, -0.2) is 0 Å². The van der Waals surface area contributed by atoms with E-state index in [0.29, 0.717) is 18.3 Å². The van der Waals surface area contributed by atoms with Crippen LogP contribution in [0.2, 0.25) is 0 Å². The highest BCUT2D eigenvalue weighted by molar-refractivity contribution is 4.82. The summed E-state index contributed by atoms with van der Waals surface area (Å²) in [6.07, 6.45) is 4.73. The van der Waals surface area contributed by atoms with E-state index in [1.54, 1.807) is 0 Å². The second-order valence-corrected chi connectivity index (χ2v) is 7.25. The van der Waals surface area contributed by atoms with E-state index in [9.17, 15) is 0 Å². The molecular formula is C16H32N2O2. The normalized spacial score (nSPS) is 32.7. The second kappa shape index (κ2) is 7.21. The van der Waals surface area contributed by atoms with Crippen molar-refractivity contribution >= 4 is 0 Å². The van der Waals surface area contributed by atoms with Gasteiger partial charge in [-0.2, -0.15) is 0 Å². The second-order valence-electron chi connectivity index (χ2n) is 7.25. The summed E-state index contributed by atoms with van der Waals surface area (Å²) in [6.45, 7) is 13.9. The molecule has 4 nitrogen and oxygen atoms in total. The monoisotopic (exact) mass is 284 g/mol. The fourth-order valence-corrected chi connectivity index (χ4v) is 2.97. The quantitative estimate of drug-likeness (QED) is 0.837. The van der Waals surface area contributed by atoms with E-state index >= 15 is 0 Å². The Morgan fingerprint density at radius 3 is 2.60 bits per heavy atom. The predicted octanol–water partition coefficient (Wildman–Crippen LogP) is 2.03. The highest BCUT2D eigenvalue weighted by atomic mass is 16.5. The van der Waals surface area contributed by atoms with Crippen LogP contribution < -0.4 is 5.32 Å². The first-order chi connectivity index (χ1) is 9.46. The minimum absolute atomic E-state index is 0.181. The van der Waals surface area contributed by atoms with Crippen LogP contribution in [0.1, 0.15) is 47.0 Å². The molecule has 20 heavy (non-hydrogen) atoms. The molecule has 2 rings (SSSR count). The van der Waals surface area contributed by atoms with Crippen LogP contribution >= 0.6 is 0 Å². The first-order valence-electron chi connectivity index (χ1n) is 8.20. The standard InChI is InChI=1S/C16H32N2O2/c1-5-13-11-18(8-9-19-13)12-15-7-6-14(20-15)10-17-16(2,3)4/h13-15,17H,5-12H2,1-4H3. The third-order valence-electron chi connectivity index (χ3n) is 4.20. The molecule has 118 valence electrons. The van der Waals surface area contributed by atoms with E-state index in [1.807, 2.05) is 0 Å². The number of morpholine rings is 1. The average Bonchev–Trinajstić information content (AvgIpc) is 2.83. The molecule has 0 saturated carbocycles. The minimum atomic E-state index is 0.181. The highest BCUT2D eigenvalue weighted by Gasteiger charge is 2.29. The molecule has 0 spiro atoms. The summed E-state index contributed by atoms with van der Waals surface area (Å²) in [7, 11) is 0. The molecular weight excluding hydrogens is 252 g/mol. The average molecular weight is 284 g/mol. The Morgan fingerprint density at radius 1 is 1.15 bits per heavy atom.